The minimum atomic E-state index is -3.78. The highest BCUT2D eigenvalue weighted by atomic mass is 32.2. The summed E-state index contributed by atoms with van der Waals surface area (Å²) in [5, 5.41) is 8.43. The van der Waals surface area contributed by atoms with Gasteiger partial charge in [-0.1, -0.05) is 5.16 Å². The van der Waals surface area contributed by atoms with Gasteiger partial charge in [0.15, 0.2) is 28.1 Å². The second-order valence-electron chi connectivity index (χ2n) is 6.86. The number of fused-ring (bicyclic) bond motifs is 1. The summed E-state index contributed by atoms with van der Waals surface area (Å²) >= 11 is 1.17. The zero-order valence-electron chi connectivity index (χ0n) is 16.8. The van der Waals surface area contributed by atoms with E-state index in [9.17, 15) is 13.2 Å². The van der Waals surface area contributed by atoms with Gasteiger partial charge < -0.3 is 19.3 Å². The van der Waals surface area contributed by atoms with Gasteiger partial charge in [-0.25, -0.2) is 13.4 Å². The Bertz CT molecular complexity index is 1400. The van der Waals surface area contributed by atoms with E-state index < -0.39 is 15.9 Å². The Hall–Kier alpha value is -3.90. The molecule has 0 saturated carbocycles. The van der Waals surface area contributed by atoms with E-state index in [1.54, 1.807) is 23.6 Å². The fourth-order valence-electron chi connectivity index (χ4n) is 3.08. The van der Waals surface area contributed by atoms with Crippen LogP contribution in [0, 0.1) is 0 Å². The Kier molecular flexibility index (Phi) is 5.44. The molecule has 0 aliphatic carbocycles. The third-order valence-electron chi connectivity index (χ3n) is 4.65. The van der Waals surface area contributed by atoms with Crippen molar-refractivity contribution in [3.63, 3.8) is 0 Å². The van der Waals surface area contributed by atoms with Crippen molar-refractivity contribution in [1.82, 2.24) is 10.1 Å². The smallest absolute Gasteiger partial charge is 0.277 e. The predicted octanol–water partition coefficient (Wildman–Crippen LogP) is 3.62. The first-order valence-electron chi connectivity index (χ1n) is 9.68. The van der Waals surface area contributed by atoms with Crippen LogP contribution in [0.15, 0.2) is 69.5 Å². The monoisotopic (exact) mass is 484 g/mol. The van der Waals surface area contributed by atoms with E-state index >= 15 is 0 Å². The number of aromatic nitrogens is 2. The Morgan fingerprint density at radius 1 is 1.00 bits per heavy atom. The Morgan fingerprint density at radius 2 is 1.79 bits per heavy atom. The topological polar surface area (TPSA) is 133 Å². The van der Waals surface area contributed by atoms with Crippen LogP contribution >= 0.6 is 11.3 Å². The molecule has 3 heterocycles. The molecule has 33 heavy (non-hydrogen) atoms. The van der Waals surface area contributed by atoms with E-state index in [4.69, 9.17) is 14.0 Å². The predicted molar refractivity (Wildman–Crippen MR) is 120 cm³/mol. The van der Waals surface area contributed by atoms with Gasteiger partial charge >= 0.3 is 0 Å². The van der Waals surface area contributed by atoms with Gasteiger partial charge in [-0.05, 0) is 42.5 Å². The zero-order valence-corrected chi connectivity index (χ0v) is 18.5. The molecule has 0 unspecified atom stereocenters. The fourth-order valence-corrected chi connectivity index (χ4v) is 4.86. The maximum atomic E-state index is 12.6. The van der Waals surface area contributed by atoms with Gasteiger partial charge in [0.25, 0.3) is 15.9 Å². The van der Waals surface area contributed by atoms with Gasteiger partial charge in [0.1, 0.15) is 13.2 Å². The van der Waals surface area contributed by atoms with E-state index in [0.717, 1.165) is 0 Å². The van der Waals surface area contributed by atoms with E-state index in [2.05, 4.69) is 20.2 Å². The summed E-state index contributed by atoms with van der Waals surface area (Å²) in [4.78, 5) is 16.5. The molecule has 2 N–H and O–H groups in total. The number of amides is 1. The molecule has 1 amide bonds. The van der Waals surface area contributed by atoms with Crippen molar-refractivity contribution >= 4 is 38.1 Å². The van der Waals surface area contributed by atoms with E-state index in [1.807, 2.05) is 0 Å². The van der Waals surface area contributed by atoms with Crippen LogP contribution in [0.25, 0.3) is 11.3 Å². The molecule has 0 saturated heterocycles. The molecular formula is C21H16N4O6S2. The van der Waals surface area contributed by atoms with Gasteiger partial charge in [0.05, 0.1) is 4.90 Å². The van der Waals surface area contributed by atoms with Crippen molar-refractivity contribution < 1.29 is 27.2 Å². The number of sulfonamides is 1. The molecule has 2 aromatic heterocycles. The van der Waals surface area contributed by atoms with Gasteiger partial charge in [0, 0.05) is 28.9 Å². The third-order valence-corrected chi connectivity index (χ3v) is 6.82. The molecule has 0 bridgehead atoms. The molecule has 12 heteroatoms. The SMILES string of the molecule is O=C(Nc1ccc(S(=O)(=O)Nc2nccs2)cc1)c1cc(-c2ccc3c(c2)OCCO3)on1. The molecule has 1 aliphatic rings. The van der Waals surface area contributed by atoms with Crippen molar-refractivity contribution in [1.29, 1.82) is 0 Å². The molecule has 0 fully saturated rings. The lowest BCUT2D eigenvalue weighted by Crippen LogP contribution is -2.15. The molecule has 0 atom stereocenters. The highest BCUT2D eigenvalue weighted by Gasteiger charge is 2.19. The van der Waals surface area contributed by atoms with E-state index in [0.29, 0.717) is 41.7 Å². The first kappa shape index (κ1) is 21.0. The zero-order chi connectivity index (χ0) is 22.8. The summed E-state index contributed by atoms with van der Waals surface area (Å²) in [6, 6.07) is 12.6. The van der Waals surface area contributed by atoms with Crippen molar-refractivity contribution in [3.05, 3.63) is 65.8 Å². The lowest BCUT2D eigenvalue weighted by Gasteiger charge is -2.18. The van der Waals surface area contributed by atoms with Gasteiger partial charge in [0.2, 0.25) is 0 Å². The molecule has 1 aliphatic heterocycles. The molecule has 2 aromatic carbocycles. The molecular weight excluding hydrogens is 468 g/mol. The minimum Gasteiger partial charge on any atom is -0.486 e. The van der Waals surface area contributed by atoms with Crippen molar-refractivity contribution in [2.24, 2.45) is 0 Å². The largest absolute Gasteiger partial charge is 0.486 e. The quantitative estimate of drug-likeness (QED) is 0.424. The highest BCUT2D eigenvalue weighted by molar-refractivity contribution is 7.93. The number of carbonyl (C=O) groups is 1. The van der Waals surface area contributed by atoms with Crippen molar-refractivity contribution in [2.45, 2.75) is 4.90 Å². The van der Waals surface area contributed by atoms with Gasteiger partial charge in [-0.3, -0.25) is 9.52 Å². The molecule has 0 radical (unpaired) electrons. The van der Waals surface area contributed by atoms with Gasteiger partial charge in [-0.2, -0.15) is 0 Å². The van der Waals surface area contributed by atoms with Crippen LogP contribution in [0.5, 0.6) is 11.5 Å². The summed E-state index contributed by atoms with van der Waals surface area (Å²) in [7, 11) is -3.78. The number of rotatable bonds is 6. The van der Waals surface area contributed by atoms with Crippen LogP contribution in [-0.4, -0.2) is 37.7 Å². The second kappa shape index (κ2) is 8.56. The van der Waals surface area contributed by atoms with Crippen LogP contribution in [0.1, 0.15) is 10.5 Å². The first-order valence-corrected chi connectivity index (χ1v) is 12.0. The summed E-state index contributed by atoms with van der Waals surface area (Å²) in [6.45, 7) is 0.954. The number of nitrogens with zero attached hydrogens (tertiary/aromatic N) is 2. The first-order chi connectivity index (χ1) is 16.0. The van der Waals surface area contributed by atoms with Crippen LogP contribution in [0.3, 0.4) is 0 Å². The van der Waals surface area contributed by atoms with Crippen LogP contribution in [-0.2, 0) is 10.0 Å². The second-order valence-corrected chi connectivity index (χ2v) is 9.43. The van der Waals surface area contributed by atoms with Crippen LogP contribution in [0.4, 0.5) is 10.8 Å². The fraction of sp³-hybridized carbons (Fsp3) is 0.0952. The average Bonchev–Trinajstić information content (AvgIpc) is 3.51. The number of anilines is 2. The number of ether oxygens (including phenoxy) is 2. The summed E-state index contributed by atoms with van der Waals surface area (Å²) in [6.07, 6.45) is 1.50. The number of hydrogen-bond acceptors (Lipinski definition) is 9. The normalized spacial score (nSPS) is 12.8. The van der Waals surface area contributed by atoms with E-state index in [1.165, 1.54) is 47.9 Å². The lowest BCUT2D eigenvalue weighted by molar-refractivity contribution is 0.101. The third kappa shape index (κ3) is 4.52. The average molecular weight is 485 g/mol. The maximum absolute atomic E-state index is 12.6. The Morgan fingerprint density at radius 3 is 2.55 bits per heavy atom. The number of thiazole rings is 1. The number of benzene rings is 2. The molecule has 10 nitrogen and oxygen atoms in total. The van der Waals surface area contributed by atoms with Gasteiger partial charge in [-0.15, -0.1) is 11.3 Å². The molecule has 168 valence electrons. The molecule has 4 aromatic rings. The Labute approximate surface area is 192 Å². The maximum Gasteiger partial charge on any atom is 0.277 e. The Balaban J connectivity index is 1.27. The summed E-state index contributed by atoms with van der Waals surface area (Å²) in [5.74, 6) is 1.14. The lowest BCUT2D eigenvalue weighted by atomic mass is 10.1. The van der Waals surface area contributed by atoms with E-state index in [-0.39, 0.29) is 15.7 Å². The highest BCUT2D eigenvalue weighted by Crippen LogP contribution is 2.34. The number of hydrogen-bond donors (Lipinski definition) is 2. The standard InChI is InChI=1S/C21H16N4O6S2/c26-20(16-12-18(31-24-16)13-1-6-17-19(11-13)30-9-8-29-17)23-14-2-4-15(5-3-14)33(27,28)25-21-22-7-10-32-21/h1-7,10-12H,8-9H2,(H,22,25)(H,23,26). The number of carbonyl (C=O) groups excluding carboxylic acids is 1. The molecule has 0 spiro atoms. The summed E-state index contributed by atoms with van der Waals surface area (Å²) < 4.78 is 43.6. The van der Waals surface area contributed by atoms with Crippen molar-refractivity contribution in [2.75, 3.05) is 23.3 Å². The minimum absolute atomic E-state index is 0.0398. The number of nitrogens with one attached hydrogen (secondary N) is 2. The summed E-state index contributed by atoms with van der Waals surface area (Å²) in [5.41, 5.74) is 1.16. The van der Waals surface area contributed by atoms with Crippen LogP contribution in [0.2, 0.25) is 0 Å². The van der Waals surface area contributed by atoms with Crippen LogP contribution < -0.4 is 19.5 Å². The van der Waals surface area contributed by atoms with Crippen molar-refractivity contribution in [3.8, 4) is 22.8 Å². The molecule has 5 rings (SSSR count).